The van der Waals surface area contributed by atoms with Crippen LogP contribution in [0.25, 0.3) is 0 Å². The minimum atomic E-state index is -0.422. The second kappa shape index (κ2) is 8.64. The van der Waals surface area contributed by atoms with Gasteiger partial charge in [-0.15, -0.1) is 0 Å². The molecule has 0 aliphatic rings. The zero-order chi connectivity index (χ0) is 15.7. The molecular formula is C13H17FN4O3. The summed E-state index contributed by atoms with van der Waals surface area (Å²) in [5.74, 6) is -1.58. The minimum Gasteiger partial charge on any atom is -0.353 e. The molecule has 0 aliphatic heterocycles. The van der Waals surface area contributed by atoms with Gasteiger partial charge in [0.25, 0.3) is 5.91 Å². The lowest BCUT2D eigenvalue weighted by Gasteiger charge is -2.07. The van der Waals surface area contributed by atoms with Crippen LogP contribution in [0.3, 0.4) is 0 Å². The van der Waals surface area contributed by atoms with Crippen molar-refractivity contribution in [3.05, 3.63) is 35.6 Å². The lowest BCUT2D eigenvalue weighted by molar-refractivity contribution is -0.125. The summed E-state index contributed by atoms with van der Waals surface area (Å²) in [5, 5.41) is 7.39. The number of benzene rings is 1. The van der Waals surface area contributed by atoms with E-state index in [9.17, 15) is 18.8 Å². The average molecular weight is 296 g/mol. The van der Waals surface area contributed by atoms with E-state index in [1.165, 1.54) is 24.3 Å². The highest BCUT2D eigenvalue weighted by molar-refractivity contribution is 5.94. The Labute approximate surface area is 121 Å². The van der Waals surface area contributed by atoms with Crippen molar-refractivity contribution >= 4 is 17.7 Å². The maximum Gasteiger partial charge on any atom is 0.251 e. The van der Waals surface area contributed by atoms with Gasteiger partial charge in [0, 0.05) is 18.7 Å². The van der Waals surface area contributed by atoms with Gasteiger partial charge >= 0.3 is 0 Å². The number of halogens is 1. The van der Waals surface area contributed by atoms with Crippen LogP contribution in [0.4, 0.5) is 4.39 Å². The molecule has 0 aromatic heterocycles. The van der Waals surface area contributed by atoms with Crippen molar-refractivity contribution < 1.29 is 18.8 Å². The van der Waals surface area contributed by atoms with Crippen LogP contribution < -0.4 is 21.7 Å². The summed E-state index contributed by atoms with van der Waals surface area (Å²) < 4.78 is 12.7. The molecular weight excluding hydrogens is 279 g/mol. The summed E-state index contributed by atoms with van der Waals surface area (Å²) in [6.07, 6.45) is 0. The van der Waals surface area contributed by atoms with E-state index in [-0.39, 0.29) is 38.0 Å². The molecule has 21 heavy (non-hydrogen) atoms. The first-order valence-corrected chi connectivity index (χ1v) is 6.30. The van der Waals surface area contributed by atoms with Crippen molar-refractivity contribution in [2.75, 3.05) is 26.2 Å². The topological polar surface area (TPSA) is 113 Å². The third-order valence-electron chi connectivity index (χ3n) is 2.47. The molecule has 8 heteroatoms. The Hall–Kier alpha value is -2.48. The lowest BCUT2D eigenvalue weighted by Crippen LogP contribution is -2.41. The van der Waals surface area contributed by atoms with E-state index in [1.807, 2.05) is 0 Å². The van der Waals surface area contributed by atoms with Crippen LogP contribution in [0.1, 0.15) is 10.4 Å². The van der Waals surface area contributed by atoms with E-state index >= 15 is 0 Å². The smallest absolute Gasteiger partial charge is 0.251 e. The highest BCUT2D eigenvalue weighted by Crippen LogP contribution is 2.01. The van der Waals surface area contributed by atoms with Crippen molar-refractivity contribution in [1.82, 2.24) is 16.0 Å². The number of rotatable bonds is 7. The largest absolute Gasteiger partial charge is 0.353 e. The molecule has 0 saturated heterocycles. The fourth-order valence-electron chi connectivity index (χ4n) is 1.39. The highest BCUT2D eigenvalue weighted by Gasteiger charge is 2.06. The third-order valence-corrected chi connectivity index (χ3v) is 2.47. The Bertz CT molecular complexity index is 505. The molecule has 0 radical (unpaired) electrons. The number of amides is 3. The van der Waals surface area contributed by atoms with E-state index in [4.69, 9.17) is 5.73 Å². The molecule has 3 amide bonds. The Morgan fingerprint density at radius 3 is 2.19 bits per heavy atom. The van der Waals surface area contributed by atoms with E-state index in [2.05, 4.69) is 16.0 Å². The Morgan fingerprint density at radius 1 is 0.952 bits per heavy atom. The quantitative estimate of drug-likeness (QED) is 0.471. The molecule has 114 valence electrons. The van der Waals surface area contributed by atoms with Crippen molar-refractivity contribution in [2.45, 2.75) is 0 Å². The van der Waals surface area contributed by atoms with Gasteiger partial charge in [0.1, 0.15) is 5.82 Å². The number of hydrogen-bond donors (Lipinski definition) is 4. The molecule has 0 aliphatic carbocycles. The number of nitrogens with two attached hydrogens (primary N) is 1. The molecule has 1 aromatic carbocycles. The van der Waals surface area contributed by atoms with Gasteiger partial charge in [0.2, 0.25) is 11.8 Å². The zero-order valence-electron chi connectivity index (χ0n) is 11.3. The van der Waals surface area contributed by atoms with Crippen molar-refractivity contribution in [2.24, 2.45) is 5.73 Å². The molecule has 0 bridgehead atoms. The van der Waals surface area contributed by atoms with Gasteiger partial charge < -0.3 is 21.7 Å². The van der Waals surface area contributed by atoms with Crippen LogP contribution in [0.2, 0.25) is 0 Å². The second-order valence-corrected chi connectivity index (χ2v) is 4.09. The van der Waals surface area contributed by atoms with Crippen LogP contribution in [-0.2, 0) is 9.59 Å². The maximum atomic E-state index is 12.7. The first-order chi connectivity index (χ1) is 10.0. The molecule has 5 N–H and O–H groups in total. The molecule has 1 aromatic rings. The molecule has 0 fully saturated rings. The molecule has 7 nitrogen and oxygen atoms in total. The Kier molecular flexibility index (Phi) is 6.82. The summed E-state index contributed by atoms with van der Waals surface area (Å²) in [5.41, 5.74) is 5.39. The van der Waals surface area contributed by atoms with Crippen molar-refractivity contribution in [1.29, 1.82) is 0 Å². The summed E-state index contributed by atoms with van der Waals surface area (Å²) in [6.45, 7) is 0.0833. The van der Waals surface area contributed by atoms with Crippen molar-refractivity contribution in [3.8, 4) is 0 Å². The summed E-state index contributed by atoms with van der Waals surface area (Å²) >= 11 is 0. The van der Waals surface area contributed by atoms with Crippen LogP contribution in [0.15, 0.2) is 24.3 Å². The minimum absolute atomic E-state index is 0.165. The predicted molar refractivity (Wildman–Crippen MR) is 73.8 cm³/mol. The summed E-state index contributed by atoms with van der Waals surface area (Å²) in [7, 11) is 0. The monoisotopic (exact) mass is 296 g/mol. The van der Waals surface area contributed by atoms with Crippen LogP contribution in [0.5, 0.6) is 0 Å². The molecule has 0 spiro atoms. The van der Waals surface area contributed by atoms with Crippen LogP contribution >= 0.6 is 0 Å². The van der Waals surface area contributed by atoms with E-state index in [0.29, 0.717) is 5.56 Å². The molecule has 0 saturated carbocycles. The number of carbonyl (C=O) groups is 3. The summed E-state index contributed by atoms with van der Waals surface area (Å²) in [6, 6.07) is 5.12. The van der Waals surface area contributed by atoms with Crippen LogP contribution in [0, 0.1) is 5.82 Å². The fourth-order valence-corrected chi connectivity index (χ4v) is 1.39. The summed E-state index contributed by atoms with van der Waals surface area (Å²) in [4.78, 5) is 33.7. The molecule has 0 heterocycles. The average Bonchev–Trinajstić information content (AvgIpc) is 2.49. The first kappa shape index (κ1) is 16.6. The third kappa shape index (κ3) is 6.48. The van der Waals surface area contributed by atoms with E-state index in [1.54, 1.807) is 0 Å². The maximum absolute atomic E-state index is 12.7. The fraction of sp³-hybridized carbons (Fsp3) is 0.308. The van der Waals surface area contributed by atoms with Crippen LogP contribution in [-0.4, -0.2) is 43.9 Å². The van der Waals surface area contributed by atoms with Gasteiger partial charge in [-0.3, -0.25) is 14.4 Å². The van der Waals surface area contributed by atoms with Gasteiger partial charge in [0.15, 0.2) is 0 Å². The standard InChI is InChI=1S/C13H17FN4O3/c14-10-3-1-9(2-4-10)13(21)17-6-5-16-12(20)8-18-11(19)7-15/h1-4H,5-8,15H2,(H,16,20)(H,17,21)(H,18,19). The number of hydrogen-bond acceptors (Lipinski definition) is 4. The van der Waals surface area contributed by atoms with Crippen molar-refractivity contribution in [3.63, 3.8) is 0 Å². The second-order valence-electron chi connectivity index (χ2n) is 4.09. The predicted octanol–water partition coefficient (Wildman–Crippen LogP) is -1.25. The van der Waals surface area contributed by atoms with Gasteiger partial charge in [-0.1, -0.05) is 0 Å². The van der Waals surface area contributed by atoms with Gasteiger partial charge in [-0.2, -0.15) is 0 Å². The first-order valence-electron chi connectivity index (χ1n) is 6.30. The normalized spacial score (nSPS) is 9.81. The SMILES string of the molecule is NCC(=O)NCC(=O)NCCNC(=O)c1ccc(F)cc1. The number of nitrogens with one attached hydrogen (secondary N) is 3. The Morgan fingerprint density at radius 2 is 1.57 bits per heavy atom. The van der Waals surface area contributed by atoms with E-state index < -0.39 is 11.7 Å². The zero-order valence-corrected chi connectivity index (χ0v) is 11.3. The molecule has 1 rings (SSSR count). The molecule has 0 unspecified atom stereocenters. The van der Waals surface area contributed by atoms with E-state index in [0.717, 1.165) is 0 Å². The lowest BCUT2D eigenvalue weighted by atomic mass is 10.2. The number of carbonyl (C=O) groups excluding carboxylic acids is 3. The molecule has 0 atom stereocenters. The van der Waals surface area contributed by atoms with Gasteiger partial charge in [0.05, 0.1) is 13.1 Å². The highest BCUT2D eigenvalue weighted by atomic mass is 19.1. The Balaban J connectivity index is 2.19. The van der Waals surface area contributed by atoms with Gasteiger partial charge in [-0.25, -0.2) is 4.39 Å². The van der Waals surface area contributed by atoms with Gasteiger partial charge in [-0.05, 0) is 24.3 Å².